The molecule has 1 amide bonds. The number of carbonyl (C=O) groups excluding carboxylic acids is 1. The molecule has 1 fully saturated rings. The number of rotatable bonds is 9. The van der Waals surface area contributed by atoms with E-state index in [9.17, 15) is 4.79 Å². The Morgan fingerprint density at radius 2 is 2.13 bits per heavy atom. The number of nitrogens with zero attached hydrogens (tertiary/aromatic N) is 1. The summed E-state index contributed by atoms with van der Waals surface area (Å²) in [6.07, 6.45) is 8.56. The number of thiophene rings is 1. The molecule has 0 spiro atoms. The fourth-order valence-electron chi connectivity index (χ4n) is 3.52. The lowest BCUT2D eigenvalue weighted by atomic mass is 9.79. The molecule has 1 heterocycles. The van der Waals surface area contributed by atoms with Crippen LogP contribution in [-0.4, -0.2) is 31.1 Å². The van der Waals surface area contributed by atoms with Crippen LogP contribution in [0, 0.1) is 11.8 Å². The molecule has 0 aromatic carbocycles. The molecule has 1 aromatic rings. The molecule has 2 rings (SSSR count). The zero-order chi connectivity index (χ0) is 16.5. The Balaban J connectivity index is 1.87. The van der Waals surface area contributed by atoms with Crippen molar-refractivity contribution in [1.82, 2.24) is 4.90 Å². The van der Waals surface area contributed by atoms with E-state index >= 15 is 0 Å². The van der Waals surface area contributed by atoms with Gasteiger partial charge in [0.2, 0.25) is 5.91 Å². The van der Waals surface area contributed by atoms with Crippen molar-refractivity contribution in [1.29, 1.82) is 0 Å². The highest BCUT2D eigenvalue weighted by Crippen LogP contribution is 2.33. The molecular formula is C19H31NO2S. The van der Waals surface area contributed by atoms with Crippen LogP contribution in [0.3, 0.4) is 0 Å². The maximum Gasteiger partial charge on any atom is 0.226 e. The van der Waals surface area contributed by atoms with E-state index in [1.165, 1.54) is 37.7 Å². The Bertz CT molecular complexity index is 438. The highest BCUT2D eigenvalue weighted by atomic mass is 32.1. The summed E-state index contributed by atoms with van der Waals surface area (Å²) in [6.45, 7) is 4.29. The zero-order valence-corrected chi connectivity index (χ0v) is 15.4. The maximum atomic E-state index is 12.9. The quantitative estimate of drug-likeness (QED) is 0.652. The SMILES string of the molecule is CCCCC1CCC(C(=O)N(CCOC)Cc2ccsc2)CC1. The average molecular weight is 338 g/mol. The molecular weight excluding hydrogens is 306 g/mol. The van der Waals surface area contributed by atoms with Crippen molar-refractivity contribution in [3.05, 3.63) is 22.4 Å². The van der Waals surface area contributed by atoms with Gasteiger partial charge in [-0.05, 0) is 54.0 Å². The first-order valence-corrected chi connectivity index (χ1v) is 9.97. The van der Waals surface area contributed by atoms with E-state index in [1.807, 2.05) is 4.90 Å². The molecule has 0 aliphatic heterocycles. The molecule has 0 atom stereocenters. The van der Waals surface area contributed by atoms with Gasteiger partial charge in [-0.15, -0.1) is 0 Å². The highest BCUT2D eigenvalue weighted by molar-refractivity contribution is 7.07. The third-order valence-corrected chi connectivity index (χ3v) is 5.72. The van der Waals surface area contributed by atoms with E-state index < -0.39 is 0 Å². The Morgan fingerprint density at radius 3 is 2.74 bits per heavy atom. The minimum absolute atomic E-state index is 0.225. The van der Waals surface area contributed by atoms with Crippen molar-refractivity contribution in [2.45, 2.75) is 58.4 Å². The van der Waals surface area contributed by atoms with Crippen LogP contribution in [-0.2, 0) is 16.1 Å². The predicted octanol–water partition coefficient (Wildman–Crippen LogP) is 4.72. The predicted molar refractivity (Wildman–Crippen MR) is 96.6 cm³/mol. The third kappa shape index (κ3) is 5.92. The molecule has 0 N–H and O–H groups in total. The van der Waals surface area contributed by atoms with Gasteiger partial charge in [-0.3, -0.25) is 4.79 Å². The maximum absolute atomic E-state index is 12.9. The van der Waals surface area contributed by atoms with Gasteiger partial charge in [0.15, 0.2) is 0 Å². The van der Waals surface area contributed by atoms with Crippen molar-refractivity contribution >= 4 is 17.2 Å². The van der Waals surface area contributed by atoms with Crippen LogP contribution in [0.4, 0.5) is 0 Å². The molecule has 0 saturated heterocycles. The zero-order valence-electron chi connectivity index (χ0n) is 14.6. The van der Waals surface area contributed by atoms with Crippen LogP contribution in [0.15, 0.2) is 16.8 Å². The fourth-order valence-corrected chi connectivity index (χ4v) is 4.18. The number of ether oxygens (including phenoxy) is 1. The monoisotopic (exact) mass is 337 g/mol. The van der Waals surface area contributed by atoms with Crippen molar-refractivity contribution in [3.63, 3.8) is 0 Å². The van der Waals surface area contributed by atoms with Crippen LogP contribution in [0.2, 0.25) is 0 Å². The highest BCUT2D eigenvalue weighted by Gasteiger charge is 2.29. The van der Waals surface area contributed by atoms with Gasteiger partial charge in [-0.1, -0.05) is 26.2 Å². The molecule has 1 aliphatic rings. The van der Waals surface area contributed by atoms with Crippen LogP contribution < -0.4 is 0 Å². The molecule has 23 heavy (non-hydrogen) atoms. The molecule has 1 aliphatic carbocycles. The smallest absolute Gasteiger partial charge is 0.226 e. The number of amides is 1. The third-order valence-electron chi connectivity index (χ3n) is 4.99. The lowest BCUT2D eigenvalue weighted by Crippen LogP contribution is -2.39. The second-order valence-electron chi connectivity index (χ2n) is 6.74. The summed E-state index contributed by atoms with van der Waals surface area (Å²) in [5.74, 6) is 1.41. The summed E-state index contributed by atoms with van der Waals surface area (Å²) in [5, 5.41) is 4.21. The van der Waals surface area contributed by atoms with Crippen molar-refractivity contribution in [2.24, 2.45) is 11.8 Å². The topological polar surface area (TPSA) is 29.5 Å². The second-order valence-corrected chi connectivity index (χ2v) is 7.52. The standard InChI is InChI=1S/C19H31NO2S/c1-3-4-5-16-6-8-18(9-7-16)19(21)20(11-12-22-2)14-17-10-13-23-15-17/h10,13,15-16,18H,3-9,11-12,14H2,1-2H3. The molecule has 0 bridgehead atoms. The Kier molecular flexibility index (Phi) is 8.10. The molecule has 130 valence electrons. The Labute approximate surface area is 145 Å². The molecule has 1 aromatic heterocycles. The van der Waals surface area contributed by atoms with Gasteiger partial charge in [0.1, 0.15) is 0 Å². The van der Waals surface area contributed by atoms with Gasteiger partial charge in [0.25, 0.3) is 0 Å². The number of unbranched alkanes of at least 4 members (excludes halogenated alkanes) is 1. The first kappa shape index (κ1) is 18.5. The Morgan fingerprint density at radius 1 is 1.35 bits per heavy atom. The van der Waals surface area contributed by atoms with Gasteiger partial charge >= 0.3 is 0 Å². The van der Waals surface area contributed by atoms with Crippen LogP contribution in [0.25, 0.3) is 0 Å². The van der Waals surface area contributed by atoms with Crippen LogP contribution in [0.1, 0.15) is 57.4 Å². The summed E-state index contributed by atoms with van der Waals surface area (Å²) >= 11 is 1.69. The minimum Gasteiger partial charge on any atom is -0.383 e. The second kappa shape index (κ2) is 10.1. The van der Waals surface area contributed by atoms with Gasteiger partial charge < -0.3 is 9.64 Å². The van der Waals surface area contributed by atoms with Gasteiger partial charge in [0.05, 0.1) is 6.61 Å². The molecule has 4 heteroatoms. The number of hydrogen-bond donors (Lipinski definition) is 0. The van der Waals surface area contributed by atoms with E-state index in [1.54, 1.807) is 18.4 Å². The van der Waals surface area contributed by atoms with E-state index in [-0.39, 0.29) is 5.92 Å². The number of methoxy groups -OCH3 is 1. The van der Waals surface area contributed by atoms with Gasteiger partial charge in [-0.25, -0.2) is 0 Å². The first-order chi connectivity index (χ1) is 11.2. The summed E-state index contributed by atoms with van der Waals surface area (Å²) in [7, 11) is 1.70. The number of carbonyl (C=O) groups is 1. The molecule has 0 radical (unpaired) electrons. The van der Waals surface area contributed by atoms with Crippen molar-refractivity contribution in [3.8, 4) is 0 Å². The van der Waals surface area contributed by atoms with Crippen LogP contribution >= 0.6 is 11.3 Å². The first-order valence-electron chi connectivity index (χ1n) is 9.03. The van der Waals surface area contributed by atoms with E-state index in [4.69, 9.17) is 4.74 Å². The lowest BCUT2D eigenvalue weighted by Gasteiger charge is -2.32. The summed E-state index contributed by atoms with van der Waals surface area (Å²) in [4.78, 5) is 14.9. The fraction of sp³-hybridized carbons (Fsp3) is 0.737. The average Bonchev–Trinajstić information content (AvgIpc) is 3.09. The lowest BCUT2D eigenvalue weighted by molar-refractivity contribution is -0.138. The van der Waals surface area contributed by atoms with Crippen LogP contribution in [0.5, 0.6) is 0 Å². The minimum atomic E-state index is 0.225. The van der Waals surface area contributed by atoms with E-state index in [0.29, 0.717) is 19.1 Å². The molecule has 1 saturated carbocycles. The van der Waals surface area contributed by atoms with Gasteiger partial charge in [0, 0.05) is 26.1 Å². The van der Waals surface area contributed by atoms with Crippen molar-refractivity contribution in [2.75, 3.05) is 20.3 Å². The summed E-state index contributed by atoms with van der Waals surface area (Å²) < 4.78 is 5.20. The number of hydrogen-bond acceptors (Lipinski definition) is 3. The summed E-state index contributed by atoms with van der Waals surface area (Å²) in [6, 6.07) is 2.11. The Hall–Kier alpha value is -0.870. The van der Waals surface area contributed by atoms with E-state index in [0.717, 1.165) is 25.3 Å². The summed E-state index contributed by atoms with van der Waals surface area (Å²) in [5.41, 5.74) is 1.23. The molecule has 0 unspecified atom stereocenters. The molecule has 3 nitrogen and oxygen atoms in total. The largest absolute Gasteiger partial charge is 0.383 e. The normalized spacial score (nSPS) is 21.3. The van der Waals surface area contributed by atoms with E-state index in [2.05, 4.69) is 23.8 Å². The van der Waals surface area contributed by atoms with Gasteiger partial charge in [-0.2, -0.15) is 11.3 Å². The van der Waals surface area contributed by atoms with Crippen molar-refractivity contribution < 1.29 is 9.53 Å².